The van der Waals surface area contributed by atoms with Crippen LogP contribution in [0, 0.1) is 11.6 Å². The van der Waals surface area contributed by atoms with Gasteiger partial charge in [0.15, 0.2) is 11.6 Å². The normalized spacial score (nSPS) is 26.2. The molecule has 2 atom stereocenters. The fraction of sp³-hybridized carbons (Fsp3) is 0.500. The quantitative estimate of drug-likeness (QED) is 0.831. The Kier molecular flexibility index (Phi) is 3.21. The van der Waals surface area contributed by atoms with Crippen molar-refractivity contribution in [3.63, 3.8) is 0 Å². The zero-order valence-corrected chi connectivity index (χ0v) is 9.29. The van der Waals surface area contributed by atoms with Gasteiger partial charge in [0.05, 0.1) is 0 Å². The molecule has 0 bridgehead atoms. The van der Waals surface area contributed by atoms with Crippen molar-refractivity contribution in [2.45, 2.75) is 18.9 Å². The summed E-state index contributed by atoms with van der Waals surface area (Å²) in [4.78, 5) is 2.22. The molecule has 0 aromatic heterocycles. The van der Waals surface area contributed by atoms with Crippen molar-refractivity contribution < 1.29 is 8.78 Å². The zero-order valence-electron chi connectivity index (χ0n) is 9.29. The monoisotopic (exact) mass is 226 g/mol. The van der Waals surface area contributed by atoms with Crippen LogP contribution in [0.5, 0.6) is 0 Å². The summed E-state index contributed by atoms with van der Waals surface area (Å²) in [5, 5.41) is 0. The number of hydrogen-bond donors (Lipinski definition) is 1. The number of likely N-dealkylation sites (tertiary alicyclic amines) is 1. The van der Waals surface area contributed by atoms with Crippen molar-refractivity contribution in [1.29, 1.82) is 0 Å². The van der Waals surface area contributed by atoms with E-state index in [0.29, 0.717) is 0 Å². The molecule has 0 unspecified atom stereocenters. The molecule has 1 aromatic rings. The topological polar surface area (TPSA) is 29.3 Å². The Balaban J connectivity index is 2.21. The first-order valence-electron chi connectivity index (χ1n) is 5.54. The Morgan fingerprint density at radius 3 is 2.62 bits per heavy atom. The summed E-state index contributed by atoms with van der Waals surface area (Å²) in [5.41, 5.74) is 6.80. The van der Waals surface area contributed by atoms with Crippen LogP contribution < -0.4 is 5.73 Å². The lowest BCUT2D eigenvalue weighted by Gasteiger charge is -2.15. The maximum Gasteiger partial charge on any atom is 0.159 e. The second-order valence-corrected chi connectivity index (χ2v) is 4.30. The van der Waals surface area contributed by atoms with Gasteiger partial charge in [-0.15, -0.1) is 0 Å². The van der Waals surface area contributed by atoms with E-state index in [0.717, 1.165) is 25.2 Å². The first-order valence-corrected chi connectivity index (χ1v) is 5.54. The smallest absolute Gasteiger partial charge is 0.159 e. The van der Waals surface area contributed by atoms with Gasteiger partial charge in [0, 0.05) is 25.0 Å². The lowest BCUT2D eigenvalue weighted by molar-refractivity contribution is 0.350. The highest BCUT2D eigenvalue weighted by molar-refractivity contribution is 5.25. The minimum atomic E-state index is -0.803. The molecule has 2 rings (SSSR count). The number of halogens is 2. The van der Waals surface area contributed by atoms with Crippen LogP contribution in [0.4, 0.5) is 8.78 Å². The molecule has 2 nitrogen and oxygen atoms in total. The van der Waals surface area contributed by atoms with E-state index >= 15 is 0 Å². The molecule has 0 aliphatic carbocycles. The highest BCUT2D eigenvalue weighted by atomic mass is 19.2. The molecule has 0 spiro atoms. The van der Waals surface area contributed by atoms with Crippen molar-refractivity contribution in [2.24, 2.45) is 5.73 Å². The van der Waals surface area contributed by atoms with Crippen molar-refractivity contribution in [3.8, 4) is 0 Å². The van der Waals surface area contributed by atoms with Crippen LogP contribution in [-0.4, -0.2) is 30.6 Å². The van der Waals surface area contributed by atoms with Crippen LogP contribution in [-0.2, 0) is 0 Å². The van der Waals surface area contributed by atoms with Crippen molar-refractivity contribution in [1.82, 2.24) is 4.90 Å². The number of hydrogen-bond acceptors (Lipinski definition) is 2. The van der Waals surface area contributed by atoms with Gasteiger partial charge in [-0.05, 0) is 24.2 Å². The minimum absolute atomic E-state index is 0.00445. The summed E-state index contributed by atoms with van der Waals surface area (Å²) >= 11 is 0. The summed E-state index contributed by atoms with van der Waals surface area (Å²) in [6, 6.07) is 4.07. The number of rotatable bonds is 2. The fourth-order valence-electron chi connectivity index (χ4n) is 2.27. The van der Waals surface area contributed by atoms with Crippen LogP contribution in [0.1, 0.15) is 18.4 Å². The lowest BCUT2D eigenvalue weighted by Crippen LogP contribution is -2.28. The first-order chi connectivity index (χ1) is 7.61. The van der Waals surface area contributed by atoms with Gasteiger partial charge in [0.25, 0.3) is 0 Å². The maximum atomic E-state index is 13.1. The fourth-order valence-corrected chi connectivity index (χ4v) is 2.27. The molecule has 1 aliphatic heterocycles. The Bertz CT molecular complexity index is 381. The van der Waals surface area contributed by atoms with E-state index in [1.807, 2.05) is 0 Å². The van der Waals surface area contributed by atoms with Gasteiger partial charge in [-0.1, -0.05) is 13.0 Å². The van der Waals surface area contributed by atoms with Crippen molar-refractivity contribution in [2.75, 3.05) is 19.6 Å². The van der Waals surface area contributed by atoms with E-state index in [9.17, 15) is 8.78 Å². The lowest BCUT2D eigenvalue weighted by atomic mass is 9.95. The highest BCUT2D eigenvalue weighted by Crippen LogP contribution is 2.27. The Hall–Kier alpha value is -1.00. The number of nitrogens with zero attached hydrogens (tertiary/aromatic N) is 1. The molecule has 1 saturated heterocycles. The molecule has 88 valence electrons. The third kappa shape index (κ3) is 2.08. The van der Waals surface area contributed by atoms with E-state index in [4.69, 9.17) is 5.73 Å². The Morgan fingerprint density at radius 1 is 1.31 bits per heavy atom. The summed E-state index contributed by atoms with van der Waals surface area (Å²) < 4.78 is 25.9. The van der Waals surface area contributed by atoms with Crippen LogP contribution in [0.15, 0.2) is 18.2 Å². The van der Waals surface area contributed by atoms with E-state index in [1.165, 1.54) is 12.1 Å². The summed E-state index contributed by atoms with van der Waals surface area (Å²) in [6.45, 7) is 4.65. The van der Waals surface area contributed by atoms with E-state index in [-0.39, 0.29) is 12.0 Å². The van der Waals surface area contributed by atoms with E-state index < -0.39 is 11.6 Å². The van der Waals surface area contributed by atoms with Crippen LogP contribution in [0.3, 0.4) is 0 Å². The molecule has 1 heterocycles. The standard InChI is InChI=1S/C12H16F2N2/c1-2-16-6-9(12(15)7-16)8-3-4-10(13)11(14)5-8/h3-5,9,12H,2,6-7,15H2,1H3/t9-,12+/m0/s1. The zero-order chi connectivity index (χ0) is 11.7. The minimum Gasteiger partial charge on any atom is -0.326 e. The average molecular weight is 226 g/mol. The summed E-state index contributed by atoms with van der Waals surface area (Å²) in [7, 11) is 0. The van der Waals surface area contributed by atoms with Gasteiger partial charge in [-0.2, -0.15) is 0 Å². The summed E-state index contributed by atoms with van der Waals surface area (Å²) in [6.07, 6.45) is 0. The largest absolute Gasteiger partial charge is 0.326 e. The predicted molar refractivity (Wildman–Crippen MR) is 59.2 cm³/mol. The second kappa shape index (κ2) is 4.47. The average Bonchev–Trinajstić information content (AvgIpc) is 2.64. The SMILES string of the molecule is CCN1C[C@@H](N)[C@H](c2ccc(F)c(F)c2)C1. The number of nitrogens with two attached hydrogens (primary N) is 1. The molecule has 0 saturated carbocycles. The molecule has 2 N–H and O–H groups in total. The van der Waals surface area contributed by atoms with Gasteiger partial charge in [-0.25, -0.2) is 8.78 Å². The number of benzene rings is 1. The van der Waals surface area contributed by atoms with Crippen LogP contribution >= 0.6 is 0 Å². The van der Waals surface area contributed by atoms with Gasteiger partial charge >= 0.3 is 0 Å². The summed E-state index contributed by atoms with van der Waals surface area (Å²) in [5.74, 6) is -1.49. The van der Waals surface area contributed by atoms with Gasteiger partial charge in [-0.3, -0.25) is 0 Å². The Morgan fingerprint density at radius 2 is 2.06 bits per heavy atom. The van der Waals surface area contributed by atoms with Crippen molar-refractivity contribution in [3.05, 3.63) is 35.4 Å². The molecule has 4 heteroatoms. The molecule has 1 aliphatic rings. The molecule has 1 fully saturated rings. The molecule has 0 radical (unpaired) electrons. The molecular formula is C12H16F2N2. The molecular weight excluding hydrogens is 210 g/mol. The Labute approximate surface area is 94.0 Å². The second-order valence-electron chi connectivity index (χ2n) is 4.30. The maximum absolute atomic E-state index is 13.1. The predicted octanol–water partition coefficient (Wildman–Crippen LogP) is 1.71. The molecule has 16 heavy (non-hydrogen) atoms. The number of likely N-dealkylation sites (N-methyl/N-ethyl adjacent to an activating group) is 1. The van der Waals surface area contributed by atoms with E-state index in [1.54, 1.807) is 6.07 Å². The third-order valence-corrected chi connectivity index (χ3v) is 3.26. The molecule has 1 aromatic carbocycles. The van der Waals surface area contributed by atoms with E-state index in [2.05, 4.69) is 11.8 Å². The van der Waals surface area contributed by atoms with Crippen LogP contribution in [0.2, 0.25) is 0 Å². The first kappa shape index (κ1) is 11.5. The van der Waals surface area contributed by atoms with Crippen molar-refractivity contribution >= 4 is 0 Å². The van der Waals surface area contributed by atoms with Crippen LogP contribution in [0.25, 0.3) is 0 Å². The van der Waals surface area contributed by atoms with Gasteiger partial charge in [0.1, 0.15) is 0 Å². The van der Waals surface area contributed by atoms with Gasteiger partial charge < -0.3 is 10.6 Å². The van der Waals surface area contributed by atoms with Gasteiger partial charge in [0.2, 0.25) is 0 Å². The third-order valence-electron chi connectivity index (χ3n) is 3.26. The molecule has 0 amide bonds. The highest BCUT2D eigenvalue weighted by Gasteiger charge is 2.30.